The molecule has 0 heterocycles. The average molecular weight is 222 g/mol. The molecule has 1 N–H and O–H groups in total. The molecule has 0 radical (unpaired) electrons. The number of unbranched alkanes of at least 4 members (excludes halogenated alkanes) is 1. The van der Waals surface area contributed by atoms with Gasteiger partial charge < -0.3 is 5.11 Å². The van der Waals surface area contributed by atoms with Gasteiger partial charge >= 0.3 is 0 Å². The van der Waals surface area contributed by atoms with Crippen molar-refractivity contribution in [2.24, 2.45) is 0 Å². The fraction of sp³-hybridized carbons (Fsp3) is 0.429. The minimum absolute atomic E-state index is 0.379. The highest BCUT2D eigenvalue weighted by Crippen LogP contribution is 2.36. The Bertz CT molecular complexity index is 373. The molecule has 2 heteroatoms. The first kappa shape index (κ1) is 12.9. The first-order chi connectivity index (χ1) is 7.52. The minimum Gasteiger partial charge on any atom is -0.378 e. The van der Waals surface area contributed by atoms with E-state index in [1.54, 1.807) is 6.07 Å². The van der Waals surface area contributed by atoms with Gasteiger partial charge in [0.05, 0.1) is 0 Å². The minimum atomic E-state index is -1.53. The lowest BCUT2D eigenvalue weighted by molar-refractivity contribution is 0.0408. The standard InChI is InChI=1S/C14H19FO/c1-4-5-10-14(16,12(3)15)13-9-7-6-8-11(13)2/h6-9,16H,3-5,10H2,1-2H3. The summed E-state index contributed by atoms with van der Waals surface area (Å²) in [5.41, 5.74) is -0.0164. The molecule has 1 aromatic rings. The van der Waals surface area contributed by atoms with Crippen LogP contribution in [0.2, 0.25) is 0 Å². The Morgan fingerprint density at radius 1 is 1.44 bits per heavy atom. The molecule has 1 unspecified atom stereocenters. The third-order valence-electron chi connectivity index (χ3n) is 2.93. The van der Waals surface area contributed by atoms with Crippen molar-refractivity contribution in [1.29, 1.82) is 0 Å². The molecule has 16 heavy (non-hydrogen) atoms. The molecule has 0 aromatic heterocycles. The summed E-state index contributed by atoms with van der Waals surface area (Å²) >= 11 is 0. The molecule has 1 aromatic carbocycles. The highest BCUT2D eigenvalue weighted by Gasteiger charge is 2.33. The lowest BCUT2D eigenvalue weighted by Crippen LogP contribution is -2.27. The van der Waals surface area contributed by atoms with Crippen LogP contribution in [-0.4, -0.2) is 5.11 Å². The molecule has 1 atom stereocenters. The number of aryl methyl sites for hydroxylation is 1. The van der Waals surface area contributed by atoms with Gasteiger partial charge in [0.25, 0.3) is 0 Å². The summed E-state index contributed by atoms with van der Waals surface area (Å²) in [5.74, 6) is -0.671. The van der Waals surface area contributed by atoms with Crippen molar-refractivity contribution in [3.05, 3.63) is 47.8 Å². The van der Waals surface area contributed by atoms with Crippen LogP contribution in [0.5, 0.6) is 0 Å². The van der Waals surface area contributed by atoms with E-state index in [9.17, 15) is 9.50 Å². The molecule has 0 aliphatic heterocycles. The molecule has 0 aliphatic carbocycles. The Morgan fingerprint density at radius 2 is 2.06 bits per heavy atom. The predicted molar refractivity (Wildman–Crippen MR) is 64.8 cm³/mol. The maximum atomic E-state index is 13.5. The first-order valence-electron chi connectivity index (χ1n) is 5.65. The normalized spacial score (nSPS) is 14.5. The number of halogens is 1. The third-order valence-corrected chi connectivity index (χ3v) is 2.93. The average Bonchev–Trinajstić information content (AvgIpc) is 2.26. The van der Waals surface area contributed by atoms with Crippen molar-refractivity contribution in [2.75, 3.05) is 0 Å². The van der Waals surface area contributed by atoms with E-state index in [1.165, 1.54) is 0 Å². The van der Waals surface area contributed by atoms with Gasteiger partial charge in [0.15, 0.2) is 0 Å². The number of benzene rings is 1. The van der Waals surface area contributed by atoms with Gasteiger partial charge in [-0.25, -0.2) is 4.39 Å². The zero-order chi connectivity index (χ0) is 12.2. The van der Waals surface area contributed by atoms with Gasteiger partial charge in [-0.1, -0.05) is 50.6 Å². The molecule has 0 spiro atoms. The van der Waals surface area contributed by atoms with Gasteiger partial charge in [0.2, 0.25) is 0 Å². The summed E-state index contributed by atoms with van der Waals surface area (Å²) in [7, 11) is 0. The summed E-state index contributed by atoms with van der Waals surface area (Å²) in [6.07, 6.45) is 2.07. The van der Waals surface area contributed by atoms with Crippen LogP contribution >= 0.6 is 0 Å². The van der Waals surface area contributed by atoms with Gasteiger partial charge in [-0.05, 0) is 24.5 Å². The smallest absolute Gasteiger partial charge is 0.140 e. The zero-order valence-corrected chi connectivity index (χ0v) is 9.96. The predicted octanol–water partition coefficient (Wildman–Crippen LogP) is 3.86. The molecule has 0 saturated carbocycles. The van der Waals surface area contributed by atoms with E-state index in [-0.39, 0.29) is 0 Å². The van der Waals surface area contributed by atoms with Gasteiger partial charge in [-0.15, -0.1) is 0 Å². The molecule has 0 fully saturated rings. The van der Waals surface area contributed by atoms with E-state index in [2.05, 4.69) is 6.58 Å². The van der Waals surface area contributed by atoms with Crippen molar-refractivity contribution < 1.29 is 9.50 Å². The van der Waals surface area contributed by atoms with Crippen LogP contribution in [0, 0.1) is 6.92 Å². The van der Waals surface area contributed by atoms with Crippen LogP contribution in [0.15, 0.2) is 36.7 Å². The molecule has 88 valence electrons. The topological polar surface area (TPSA) is 20.2 Å². The molecule has 1 nitrogen and oxygen atoms in total. The first-order valence-corrected chi connectivity index (χ1v) is 5.65. The van der Waals surface area contributed by atoms with Gasteiger partial charge in [-0.2, -0.15) is 0 Å². The fourth-order valence-electron chi connectivity index (χ4n) is 1.89. The monoisotopic (exact) mass is 222 g/mol. The highest BCUT2D eigenvalue weighted by atomic mass is 19.1. The summed E-state index contributed by atoms with van der Waals surface area (Å²) in [6.45, 7) is 7.16. The molecule has 1 rings (SSSR count). The summed E-state index contributed by atoms with van der Waals surface area (Å²) in [6, 6.07) is 7.31. The second-order valence-electron chi connectivity index (χ2n) is 4.18. The van der Waals surface area contributed by atoms with Crippen molar-refractivity contribution in [1.82, 2.24) is 0 Å². The van der Waals surface area contributed by atoms with E-state index < -0.39 is 11.4 Å². The van der Waals surface area contributed by atoms with Crippen LogP contribution in [0.3, 0.4) is 0 Å². The number of aliphatic hydroxyl groups is 1. The quantitative estimate of drug-likeness (QED) is 0.802. The number of hydrogen-bond donors (Lipinski definition) is 1. The van der Waals surface area contributed by atoms with Crippen molar-refractivity contribution >= 4 is 0 Å². The fourth-order valence-corrected chi connectivity index (χ4v) is 1.89. The van der Waals surface area contributed by atoms with E-state index in [4.69, 9.17) is 0 Å². The molecule has 0 bridgehead atoms. The molecule has 0 aliphatic rings. The van der Waals surface area contributed by atoms with E-state index >= 15 is 0 Å². The van der Waals surface area contributed by atoms with Gasteiger partial charge in [0, 0.05) is 0 Å². The van der Waals surface area contributed by atoms with Crippen molar-refractivity contribution in [3.8, 4) is 0 Å². The summed E-state index contributed by atoms with van der Waals surface area (Å²) < 4.78 is 13.5. The second kappa shape index (κ2) is 5.26. The van der Waals surface area contributed by atoms with E-state index in [1.807, 2.05) is 32.0 Å². The maximum Gasteiger partial charge on any atom is 0.140 e. The SMILES string of the molecule is C=C(F)C(O)(CCCC)c1ccccc1C. The Morgan fingerprint density at radius 3 is 2.56 bits per heavy atom. The van der Waals surface area contributed by atoms with Crippen LogP contribution in [-0.2, 0) is 5.60 Å². The maximum absolute atomic E-state index is 13.5. The van der Waals surface area contributed by atoms with Gasteiger partial charge in [0.1, 0.15) is 11.4 Å². The van der Waals surface area contributed by atoms with Crippen molar-refractivity contribution in [2.45, 2.75) is 38.7 Å². The van der Waals surface area contributed by atoms with E-state index in [0.717, 1.165) is 18.4 Å². The van der Waals surface area contributed by atoms with E-state index in [0.29, 0.717) is 12.0 Å². The van der Waals surface area contributed by atoms with Crippen LogP contribution in [0.1, 0.15) is 37.3 Å². The Labute approximate surface area is 96.6 Å². The summed E-state index contributed by atoms with van der Waals surface area (Å²) in [5, 5.41) is 10.4. The number of rotatable bonds is 5. The van der Waals surface area contributed by atoms with Crippen LogP contribution in [0.25, 0.3) is 0 Å². The van der Waals surface area contributed by atoms with Gasteiger partial charge in [-0.3, -0.25) is 0 Å². The number of hydrogen-bond acceptors (Lipinski definition) is 1. The molecule has 0 amide bonds. The lowest BCUT2D eigenvalue weighted by atomic mass is 9.85. The zero-order valence-electron chi connectivity index (χ0n) is 9.96. The Hall–Kier alpha value is -1.15. The molecular formula is C14H19FO. The van der Waals surface area contributed by atoms with Crippen LogP contribution < -0.4 is 0 Å². The van der Waals surface area contributed by atoms with Crippen molar-refractivity contribution in [3.63, 3.8) is 0 Å². The lowest BCUT2D eigenvalue weighted by Gasteiger charge is -2.28. The second-order valence-corrected chi connectivity index (χ2v) is 4.18. The Balaban J connectivity index is 3.11. The molecular weight excluding hydrogens is 203 g/mol. The third kappa shape index (κ3) is 2.50. The largest absolute Gasteiger partial charge is 0.378 e. The van der Waals surface area contributed by atoms with Crippen LogP contribution in [0.4, 0.5) is 4.39 Å². The highest BCUT2D eigenvalue weighted by molar-refractivity contribution is 5.35. The Kier molecular flexibility index (Phi) is 4.25. The molecule has 0 saturated heterocycles. The summed E-state index contributed by atoms with van der Waals surface area (Å²) in [4.78, 5) is 0.